The maximum absolute atomic E-state index is 12.6. The van der Waals surface area contributed by atoms with Crippen LogP contribution >= 0.6 is 0 Å². The van der Waals surface area contributed by atoms with Crippen LogP contribution in [0.2, 0.25) is 0 Å². The van der Waals surface area contributed by atoms with Crippen LogP contribution < -0.4 is 10.2 Å². The summed E-state index contributed by atoms with van der Waals surface area (Å²) in [5.41, 5.74) is 3.28. The summed E-state index contributed by atoms with van der Waals surface area (Å²) < 4.78 is 5.55. The lowest BCUT2D eigenvalue weighted by Gasteiger charge is -2.21. The van der Waals surface area contributed by atoms with Crippen molar-refractivity contribution in [3.63, 3.8) is 0 Å². The second kappa shape index (κ2) is 5.52. The lowest BCUT2D eigenvalue weighted by molar-refractivity contribution is 0.243. The first-order chi connectivity index (χ1) is 10.5. The SMILES string of the molecule is Cc1cc(C(C)NC(=O)N2CC(C)c3ccccc32)c(C)o1. The first-order valence-corrected chi connectivity index (χ1v) is 7.71. The quantitative estimate of drug-likeness (QED) is 0.899. The first kappa shape index (κ1) is 14.7. The van der Waals surface area contributed by atoms with E-state index in [9.17, 15) is 4.79 Å². The molecule has 3 rings (SSSR count). The van der Waals surface area contributed by atoms with Gasteiger partial charge in [-0.2, -0.15) is 0 Å². The van der Waals surface area contributed by atoms with Crippen LogP contribution in [0, 0.1) is 13.8 Å². The molecule has 4 heteroatoms. The number of urea groups is 1. The van der Waals surface area contributed by atoms with Crippen molar-refractivity contribution in [2.75, 3.05) is 11.4 Å². The second-order valence-electron chi connectivity index (χ2n) is 6.11. The van der Waals surface area contributed by atoms with Crippen LogP contribution in [-0.2, 0) is 0 Å². The van der Waals surface area contributed by atoms with E-state index in [1.807, 2.05) is 49.9 Å². The van der Waals surface area contributed by atoms with E-state index in [1.165, 1.54) is 5.56 Å². The average molecular weight is 298 g/mol. The standard InChI is InChI=1S/C18H22N2O2/c1-11-10-20(17-8-6-5-7-15(11)17)18(21)19-13(3)16-9-12(2)22-14(16)4/h5-9,11,13H,10H2,1-4H3,(H,19,21). The van der Waals surface area contributed by atoms with Gasteiger partial charge in [-0.15, -0.1) is 0 Å². The van der Waals surface area contributed by atoms with Gasteiger partial charge in [0.15, 0.2) is 0 Å². The lowest BCUT2D eigenvalue weighted by atomic mass is 10.0. The molecule has 2 unspecified atom stereocenters. The van der Waals surface area contributed by atoms with Crippen LogP contribution in [0.5, 0.6) is 0 Å². The van der Waals surface area contributed by atoms with Gasteiger partial charge in [0.25, 0.3) is 0 Å². The highest BCUT2D eigenvalue weighted by Crippen LogP contribution is 2.35. The Morgan fingerprint density at radius 1 is 1.36 bits per heavy atom. The van der Waals surface area contributed by atoms with E-state index in [-0.39, 0.29) is 12.1 Å². The number of carbonyl (C=O) groups is 1. The van der Waals surface area contributed by atoms with E-state index in [0.29, 0.717) is 5.92 Å². The summed E-state index contributed by atoms with van der Waals surface area (Å²) in [7, 11) is 0. The van der Waals surface area contributed by atoms with Crippen molar-refractivity contribution >= 4 is 11.7 Å². The third kappa shape index (κ3) is 2.49. The van der Waals surface area contributed by atoms with Crippen molar-refractivity contribution in [2.24, 2.45) is 0 Å². The third-order valence-electron chi connectivity index (χ3n) is 4.35. The number of nitrogens with zero attached hydrogens (tertiary/aromatic N) is 1. The minimum atomic E-state index is -0.0759. The van der Waals surface area contributed by atoms with Gasteiger partial charge >= 0.3 is 6.03 Å². The number of para-hydroxylation sites is 1. The van der Waals surface area contributed by atoms with Gasteiger partial charge in [0.1, 0.15) is 11.5 Å². The average Bonchev–Trinajstić information content (AvgIpc) is 2.99. The van der Waals surface area contributed by atoms with Crippen LogP contribution in [0.1, 0.15) is 48.5 Å². The summed E-state index contributed by atoms with van der Waals surface area (Å²) in [5, 5.41) is 3.08. The number of amides is 2. The van der Waals surface area contributed by atoms with E-state index < -0.39 is 0 Å². The number of aryl methyl sites for hydroxylation is 2. The Kier molecular flexibility index (Phi) is 3.69. The number of benzene rings is 1. The highest BCUT2D eigenvalue weighted by atomic mass is 16.3. The van der Waals surface area contributed by atoms with Crippen LogP contribution in [0.25, 0.3) is 0 Å². The molecule has 0 aliphatic carbocycles. The Morgan fingerprint density at radius 2 is 2.09 bits per heavy atom. The maximum Gasteiger partial charge on any atom is 0.322 e. The molecule has 0 spiro atoms. The van der Waals surface area contributed by atoms with Gasteiger partial charge in [-0.3, -0.25) is 4.90 Å². The molecule has 2 aromatic rings. The number of hydrogen-bond acceptors (Lipinski definition) is 2. The molecule has 22 heavy (non-hydrogen) atoms. The van der Waals surface area contributed by atoms with Gasteiger partial charge in [0.2, 0.25) is 0 Å². The van der Waals surface area contributed by atoms with Gasteiger partial charge in [0.05, 0.1) is 6.04 Å². The van der Waals surface area contributed by atoms with E-state index in [1.54, 1.807) is 0 Å². The zero-order chi connectivity index (χ0) is 15.9. The van der Waals surface area contributed by atoms with Gasteiger partial charge in [-0.25, -0.2) is 4.79 Å². The fourth-order valence-corrected chi connectivity index (χ4v) is 3.23. The zero-order valence-electron chi connectivity index (χ0n) is 13.5. The Bertz CT molecular complexity index is 705. The minimum absolute atomic E-state index is 0.0532. The summed E-state index contributed by atoms with van der Waals surface area (Å²) in [4.78, 5) is 14.5. The highest BCUT2D eigenvalue weighted by Gasteiger charge is 2.30. The van der Waals surface area contributed by atoms with Gasteiger partial charge in [-0.05, 0) is 38.5 Å². The Morgan fingerprint density at radius 3 is 2.77 bits per heavy atom. The van der Waals surface area contributed by atoms with Crippen LogP contribution in [0.4, 0.5) is 10.5 Å². The largest absolute Gasteiger partial charge is 0.466 e. The van der Waals surface area contributed by atoms with Crippen molar-refractivity contribution in [2.45, 2.75) is 39.7 Å². The topological polar surface area (TPSA) is 45.5 Å². The zero-order valence-corrected chi connectivity index (χ0v) is 13.5. The minimum Gasteiger partial charge on any atom is -0.466 e. The predicted molar refractivity (Wildman–Crippen MR) is 87.3 cm³/mol. The molecule has 0 fully saturated rings. The molecule has 2 amide bonds. The lowest BCUT2D eigenvalue weighted by Crippen LogP contribution is -2.40. The summed E-state index contributed by atoms with van der Waals surface area (Å²) >= 11 is 0. The molecule has 2 heterocycles. The molecule has 1 aliphatic rings. The van der Waals surface area contributed by atoms with Crippen molar-refractivity contribution in [1.29, 1.82) is 0 Å². The maximum atomic E-state index is 12.6. The van der Waals surface area contributed by atoms with Crippen molar-refractivity contribution in [3.05, 3.63) is 53.0 Å². The van der Waals surface area contributed by atoms with Crippen LogP contribution in [0.15, 0.2) is 34.7 Å². The Labute approximate surface area is 131 Å². The number of fused-ring (bicyclic) bond motifs is 1. The molecule has 2 atom stereocenters. The van der Waals surface area contributed by atoms with E-state index in [2.05, 4.69) is 18.3 Å². The number of furan rings is 1. The number of hydrogen-bond donors (Lipinski definition) is 1. The molecule has 0 saturated carbocycles. The van der Waals surface area contributed by atoms with Crippen LogP contribution in [-0.4, -0.2) is 12.6 Å². The molecule has 0 radical (unpaired) electrons. The number of carbonyl (C=O) groups excluding carboxylic acids is 1. The second-order valence-corrected chi connectivity index (χ2v) is 6.11. The van der Waals surface area contributed by atoms with E-state index in [4.69, 9.17) is 4.42 Å². The molecule has 1 aromatic carbocycles. The van der Waals surface area contributed by atoms with Crippen molar-refractivity contribution in [3.8, 4) is 0 Å². The van der Waals surface area contributed by atoms with E-state index >= 15 is 0 Å². The summed E-state index contributed by atoms with van der Waals surface area (Å²) in [6, 6.07) is 9.97. The van der Waals surface area contributed by atoms with Gasteiger partial charge in [-0.1, -0.05) is 25.1 Å². The fourth-order valence-electron chi connectivity index (χ4n) is 3.23. The number of nitrogens with one attached hydrogen (secondary N) is 1. The van der Waals surface area contributed by atoms with Crippen molar-refractivity contribution in [1.82, 2.24) is 5.32 Å². The van der Waals surface area contributed by atoms with Gasteiger partial charge < -0.3 is 9.73 Å². The smallest absolute Gasteiger partial charge is 0.322 e. The monoisotopic (exact) mass is 298 g/mol. The van der Waals surface area contributed by atoms with E-state index in [0.717, 1.165) is 29.3 Å². The first-order valence-electron chi connectivity index (χ1n) is 7.71. The van der Waals surface area contributed by atoms with Crippen LogP contribution in [0.3, 0.4) is 0 Å². The molecule has 1 aliphatic heterocycles. The number of anilines is 1. The molecular weight excluding hydrogens is 276 g/mol. The Hall–Kier alpha value is -2.23. The molecular formula is C18H22N2O2. The molecule has 0 bridgehead atoms. The summed E-state index contributed by atoms with van der Waals surface area (Å²) in [5.74, 6) is 2.10. The Balaban J connectivity index is 1.77. The number of rotatable bonds is 2. The highest BCUT2D eigenvalue weighted by molar-refractivity contribution is 5.94. The predicted octanol–water partition coefficient (Wildman–Crippen LogP) is 4.29. The van der Waals surface area contributed by atoms with Gasteiger partial charge in [0, 0.05) is 23.7 Å². The summed E-state index contributed by atoms with van der Waals surface area (Å²) in [6.07, 6.45) is 0. The fraction of sp³-hybridized carbons (Fsp3) is 0.389. The molecule has 0 saturated heterocycles. The summed E-state index contributed by atoms with van der Waals surface area (Å²) in [6.45, 7) is 8.71. The van der Waals surface area contributed by atoms with Crippen molar-refractivity contribution < 1.29 is 9.21 Å². The molecule has 4 nitrogen and oxygen atoms in total. The third-order valence-corrected chi connectivity index (χ3v) is 4.35. The molecule has 1 N–H and O–H groups in total. The molecule has 1 aromatic heterocycles. The molecule has 116 valence electrons. The normalized spacial score (nSPS) is 18.2.